The first-order valence-electron chi connectivity index (χ1n) is 11.0. The fourth-order valence-electron chi connectivity index (χ4n) is 3.34. The van der Waals surface area contributed by atoms with Crippen molar-refractivity contribution in [1.29, 1.82) is 0 Å². The SMILES string of the molecule is CCOC(=O)c1nc(-c2ccc(OC)c3nc(C(F)(F)F)ccc23)oc1[C@H](C)NC(=O)OC(C)(C)C. The molecule has 0 spiro atoms. The van der Waals surface area contributed by atoms with Crippen molar-refractivity contribution in [2.45, 2.75) is 52.4 Å². The minimum Gasteiger partial charge on any atom is -0.494 e. The fourth-order valence-corrected chi connectivity index (χ4v) is 3.34. The maximum absolute atomic E-state index is 13.3. The number of alkyl halides is 3. The Bertz CT molecular complexity index is 1280. The average molecular weight is 509 g/mol. The molecule has 1 atom stereocenters. The number of aromatic nitrogens is 2. The second-order valence-corrected chi connectivity index (χ2v) is 8.73. The first-order chi connectivity index (χ1) is 16.7. The van der Waals surface area contributed by atoms with Crippen molar-refractivity contribution >= 4 is 23.0 Å². The van der Waals surface area contributed by atoms with Crippen LogP contribution in [0.4, 0.5) is 18.0 Å². The maximum Gasteiger partial charge on any atom is 0.433 e. The van der Waals surface area contributed by atoms with Gasteiger partial charge >= 0.3 is 18.2 Å². The lowest BCUT2D eigenvalue weighted by Crippen LogP contribution is -2.34. The molecule has 3 aromatic rings. The van der Waals surface area contributed by atoms with Gasteiger partial charge in [-0.05, 0) is 58.9 Å². The van der Waals surface area contributed by atoms with Crippen LogP contribution in [0.25, 0.3) is 22.4 Å². The molecule has 1 amide bonds. The molecule has 3 rings (SSSR count). The molecule has 0 bridgehead atoms. The van der Waals surface area contributed by atoms with Gasteiger partial charge < -0.3 is 23.9 Å². The van der Waals surface area contributed by atoms with Crippen molar-refractivity contribution in [3.8, 4) is 17.2 Å². The number of alkyl carbamates (subject to hydrolysis) is 1. The van der Waals surface area contributed by atoms with E-state index in [0.29, 0.717) is 0 Å². The number of esters is 1. The Morgan fingerprint density at radius 3 is 2.39 bits per heavy atom. The zero-order chi connectivity index (χ0) is 26.8. The van der Waals surface area contributed by atoms with Gasteiger partial charge in [0.1, 0.15) is 22.6 Å². The molecule has 1 N–H and O–H groups in total. The highest BCUT2D eigenvalue weighted by Gasteiger charge is 2.34. The number of hydrogen-bond acceptors (Lipinski definition) is 8. The van der Waals surface area contributed by atoms with Crippen LogP contribution in [0.5, 0.6) is 5.75 Å². The quantitative estimate of drug-likeness (QED) is 0.423. The van der Waals surface area contributed by atoms with E-state index in [2.05, 4.69) is 15.3 Å². The van der Waals surface area contributed by atoms with Crippen molar-refractivity contribution in [3.05, 3.63) is 41.4 Å². The molecule has 0 fully saturated rings. The van der Waals surface area contributed by atoms with Crippen molar-refractivity contribution in [3.63, 3.8) is 0 Å². The molecule has 0 radical (unpaired) electrons. The highest BCUT2D eigenvalue weighted by molar-refractivity contribution is 5.97. The lowest BCUT2D eigenvalue weighted by Gasteiger charge is -2.21. The third kappa shape index (κ3) is 5.86. The standard InChI is InChI=1S/C24H26F3N3O6/c1-7-34-21(31)18-19(12(2)28-22(32)36-23(3,4)5)35-20(30-18)14-8-10-15(33-6)17-13(14)9-11-16(29-17)24(25,26)27/h8-12H,7H2,1-6H3,(H,28,32)/t12-/m0/s1. The molecule has 0 saturated carbocycles. The van der Waals surface area contributed by atoms with Crippen molar-refractivity contribution < 1.29 is 41.4 Å². The van der Waals surface area contributed by atoms with Crippen LogP contribution >= 0.6 is 0 Å². The van der Waals surface area contributed by atoms with Crippen LogP contribution < -0.4 is 10.1 Å². The van der Waals surface area contributed by atoms with Gasteiger partial charge in [-0.15, -0.1) is 0 Å². The first kappa shape index (κ1) is 26.8. The number of nitrogens with zero attached hydrogens (tertiary/aromatic N) is 2. The van der Waals surface area contributed by atoms with E-state index in [1.807, 2.05) is 0 Å². The van der Waals surface area contributed by atoms with E-state index >= 15 is 0 Å². The van der Waals surface area contributed by atoms with E-state index in [1.54, 1.807) is 34.6 Å². The van der Waals surface area contributed by atoms with Gasteiger partial charge in [0.05, 0.1) is 19.8 Å². The number of carbonyl (C=O) groups is 2. The molecular formula is C24H26F3N3O6. The van der Waals surface area contributed by atoms with Gasteiger partial charge in [0.2, 0.25) is 5.89 Å². The molecule has 9 nitrogen and oxygen atoms in total. The molecule has 0 saturated heterocycles. The molecule has 2 aromatic heterocycles. The monoisotopic (exact) mass is 509 g/mol. The van der Waals surface area contributed by atoms with Crippen LogP contribution in [-0.2, 0) is 15.7 Å². The Labute approximate surface area is 204 Å². The molecule has 36 heavy (non-hydrogen) atoms. The Kier molecular flexibility index (Phi) is 7.46. The Balaban J connectivity index is 2.12. The summed E-state index contributed by atoms with van der Waals surface area (Å²) in [6.45, 7) is 8.31. The molecule has 0 aliphatic rings. The van der Waals surface area contributed by atoms with Crippen LogP contribution in [0, 0.1) is 0 Å². The largest absolute Gasteiger partial charge is 0.494 e. The average Bonchev–Trinajstić information content (AvgIpc) is 3.21. The number of rotatable bonds is 6. The van der Waals surface area contributed by atoms with E-state index in [-0.39, 0.29) is 46.2 Å². The number of carbonyl (C=O) groups excluding carboxylic acids is 2. The number of fused-ring (bicyclic) bond motifs is 1. The number of oxazole rings is 1. The van der Waals surface area contributed by atoms with Crippen LogP contribution in [0.2, 0.25) is 0 Å². The maximum atomic E-state index is 13.3. The van der Waals surface area contributed by atoms with Gasteiger partial charge in [-0.3, -0.25) is 0 Å². The van der Waals surface area contributed by atoms with Crippen molar-refractivity contribution in [1.82, 2.24) is 15.3 Å². The number of methoxy groups -OCH3 is 1. The molecule has 0 aliphatic heterocycles. The first-order valence-corrected chi connectivity index (χ1v) is 11.0. The number of ether oxygens (including phenoxy) is 3. The summed E-state index contributed by atoms with van der Waals surface area (Å²) in [5.41, 5.74) is -1.86. The predicted molar refractivity (Wildman–Crippen MR) is 123 cm³/mol. The second-order valence-electron chi connectivity index (χ2n) is 8.73. The summed E-state index contributed by atoms with van der Waals surface area (Å²) in [7, 11) is 1.31. The summed E-state index contributed by atoms with van der Waals surface area (Å²) in [5.74, 6) is -0.786. The minimum absolute atomic E-state index is 0.0156. The smallest absolute Gasteiger partial charge is 0.433 e. The summed E-state index contributed by atoms with van der Waals surface area (Å²) in [5, 5.41) is 2.82. The topological polar surface area (TPSA) is 113 Å². The predicted octanol–water partition coefficient (Wildman–Crippen LogP) is 5.68. The summed E-state index contributed by atoms with van der Waals surface area (Å²) in [4.78, 5) is 32.8. The summed E-state index contributed by atoms with van der Waals surface area (Å²) in [6, 6.07) is 4.13. The number of halogens is 3. The van der Waals surface area contributed by atoms with Gasteiger partial charge in [-0.2, -0.15) is 13.2 Å². The lowest BCUT2D eigenvalue weighted by atomic mass is 10.1. The van der Waals surface area contributed by atoms with Crippen molar-refractivity contribution in [2.75, 3.05) is 13.7 Å². The van der Waals surface area contributed by atoms with Gasteiger partial charge in [0, 0.05) is 10.9 Å². The number of hydrogen-bond donors (Lipinski definition) is 1. The van der Waals surface area contributed by atoms with Gasteiger partial charge in [-0.25, -0.2) is 19.6 Å². The molecular weight excluding hydrogens is 483 g/mol. The Hall–Kier alpha value is -3.83. The number of pyridine rings is 1. The molecule has 1 aromatic carbocycles. The number of benzene rings is 1. The molecule has 12 heteroatoms. The fraction of sp³-hybridized carbons (Fsp3) is 0.417. The van der Waals surface area contributed by atoms with Crippen LogP contribution in [0.15, 0.2) is 28.7 Å². The zero-order valence-corrected chi connectivity index (χ0v) is 20.6. The van der Waals surface area contributed by atoms with E-state index in [4.69, 9.17) is 18.6 Å². The normalized spacial score (nSPS) is 12.8. The molecule has 2 heterocycles. The highest BCUT2D eigenvalue weighted by atomic mass is 19.4. The van der Waals surface area contributed by atoms with E-state index in [0.717, 1.165) is 6.07 Å². The van der Waals surface area contributed by atoms with Crippen molar-refractivity contribution in [2.24, 2.45) is 0 Å². The van der Waals surface area contributed by atoms with Gasteiger partial charge in [-0.1, -0.05) is 0 Å². The van der Waals surface area contributed by atoms with E-state index < -0.39 is 35.6 Å². The molecule has 0 unspecified atom stereocenters. The zero-order valence-electron chi connectivity index (χ0n) is 20.6. The van der Waals surface area contributed by atoms with Crippen LogP contribution in [0.1, 0.15) is 62.6 Å². The summed E-state index contributed by atoms with van der Waals surface area (Å²) in [6.07, 6.45) is -5.41. The number of amides is 1. The Morgan fingerprint density at radius 2 is 1.81 bits per heavy atom. The third-order valence-electron chi connectivity index (χ3n) is 4.81. The van der Waals surface area contributed by atoms with Crippen LogP contribution in [0.3, 0.4) is 0 Å². The van der Waals surface area contributed by atoms with E-state index in [1.165, 1.54) is 25.3 Å². The lowest BCUT2D eigenvalue weighted by molar-refractivity contribution is -0.140. The Morgan fingerprint density at radius 1 is 1.11 bits per heavy atom. The minimum atomic E-state index is -4.66. The highest BCUT2D eigenvalue weighted by Crippen LogP contribution is 2.37. The van der Waals surface area contributed by atoms with Gasteiger partial charge in [0.25, 0.3) is 0 Å². The summed E-state index contributed by atoms with van der Waals surface area (Å²) >= 11 is 0. The van der Waals surface area contributed by atoms with E-state index in [9.17, 15) is 22.8 Å². The number of nitrogens with one attached hydrogen (secondary N) is 1. The van der Waals surface area contributed by atoms with Crippen LogP contribution in [-0.4, -0.2) is 41.3 Å². The molecule has 0 aliphatic carbocycles. The van der Waals surface area contributed by atoms with Gasteiger partial charge in [0.15, 0.2) is 11.5 Å². The molecule has 194 valence electrons. The summed E-state index contributed by atoms with van der Waals surface area (Å²) < 4.78 is 61.1. The third-order valence-corrected chi connectivity index (χ3v) is 4.81. The second kappa shape index (κ2) is 10.0.